The molecule has 0 radical (unpaired) electrons. The first-order valence-electron chi connectivity index (χ1n) is 8.14. The summed E-state index contributed by atoms with van der Waals surface area (Å²) < 4.78 is 32.0. The zero-order valence-electron chi connectivity index (χ0n) is 14.1. The van der Waals surface area contributed by atoms with Gasteiger partial charge in [0.25, 0.3) is 5.91 Å². The Morgan fingerprint density at radius 3 is 2.80 bits per heavy atom. The number of carbonyl (C=O) groups excluding carboxylic acids is 1. The van der Waals surface area contributed by atoms with E-state index in [0.717, 1.165) is 24.2 Å². The van der Waals surface area contributed by atoms with Crippen molar-refractivity contribution in [2.24, 2.45) is 0 Å². The van der Waals surface area contributed by atoms with Gasteiger partial charge in [-0.15, -0.1) is 11.3 Å². The predicted octanol–water partition coefficient (Wildman–Crippen LogP) is 1.97. The topological polar surface area (TPSA) is 105 Å². The number of aryl methyl sites for hydroxylation is 1. The maximum absolute atomic E-state index is 12.7. The van der Waals surface area contributed by atoms with Gasteiger partial charge in [-0.05, 0) is 31.2 Å². The van der Waals surface area contributed by atoms with Gasteiger partial charge in [0.2, 0.25) is 15.9 Å². The predicted molar refractivity (Wildman–Crippen MR) is 91.9 cm³/mol. The monoisotopic (exact) mass is 384 g/mol. The van der Waals surface area contributed by atoms with Crippen LogP contribution in [0.25, 0.3) is 0 Å². The second kappa shape index (κ2) is 7.22. The van der Waals surface area contributed by atoms with Crippen molar-refractivity contribution in [3.63, 3.8) is 0 Å². The molecule has 1 aliphatic heterocycles. The van der Waals surface area contributed by atoms with Crippen molar-refractivity contribution in [2.75, 3.05) is 13.1 Å². The highest BCUT2D eigenvalue weighted by atomic mass is 32.2. The van der Waals surface area contributed by atoms with Crippen LogP contribution in [0.3, 0.4) is 0 Å². The minimum atomic E-state index is -3.64. The van der Waals surface area contributed by atoms with Gasteiger partial charge in [0.05, 0.1) is 0 Å². The molecule has 1 atom stereocenters. The maximum atomic E-state index is 12.7. The van der Waals surface area contributed by atoms with E-state index in [-0.39, 0.29) is 9.77 Å². The smallest absolute Gasteiger partial charge is 0.263 e. The van der Waals surface area contributed by atoms with E-state index >= 15 is 0 Å². The normalized spacial score (nSPS) is 16.9. The quantitative estimate of drug-likeness (QED) is 0.816. The molecule has 0 spiro atoms. The van der Waals surface area contributed by atoms with Crippen molar-refractivity contribution < 1.29 is 17.7 Å². The number of amides is 1. The van der Waals surface area contributed by atoms with Crippen LogP contribution in [0.1, 0.15) is 54.1 Å². The van der Waals surface area contributed by atoms with Gasteiger partial charge in [-0.3, -0.25) is 4.79 Å². The fourth-order valence-corrected chi connectivity index (χ4v) is 5.47. The average molecular weight is 384 g/mol. The van der Waals surface area contributed by atoms with Crippen molar-refractivity contribution in [1.82, 2.24) is 19.8 Å². The number of nitrogens with one attached hydrogen (secondary N) is 1. The Kier molecular flexibility index (Phi) is 5.21. The number of carbonyl (C=O) groups is 1. The minimum Gasteiger partial charge on any atom is -0.340 e. The lowest BCUT2D eigenvalue weighted by Crippen LogP contribution is -2.31. The summed E-state index contributed by atoms with van der Waals surface area (Å²) in [7, 11) is -3.64. The lowest BCUT2D eigenvalue weighted by molar-refractivity contribution is 0.0933. The van der Waals surface area contributed by atoms with E-state index in [1.807, 2.05) is 6.92 Å². The molecule has 1 N–H and O–H groups in total. The van der Waals surface area contributed by atoms with Crippen LogP contribution >= 0.6 is 11.3 Å². The number of aromatic nitrogens is 2. The molecule has 136 valence electrons. The van der Waals surface area contributed by atoms with E-state index in [0.29, 0.717) is 31.2 Å². The van der Waals surface area contributed by atoms with Crippen LogP contribution in [-0.4, -0.2) is 41.9 Å². The molecule has 25 heavy (non-hydrogen) atoms. The highest BCUT2D eigenvalue weighted by molar-refractivity contribution is 7.89. The number of sulfonamides is 1. The summed E-state index contributed by atoms with van der Waals surface area (Å²) in [6.07, 6.45) is 2.32. The van der Waals surface area contributed by atoms with E-state index < -0.39 is 22.0 Å². The van der Waals surface area contributed by atoms with E-state index in [1.54, 1.807) is 12.3 Å². The molecule has 8 nitrogen and oxygen atoms in total. The van der Waals surface area contributed by atoms with Crippen molar-refractivity contribution in [3.8, 4) is 0 Å². The third-order valence-corrected chi connectivity index (χ3v) is 7.02. The van der Waals surface area contributed by atoms with Crippen LogP contribution in [0, 0.1) is 0 Å². The lowest BCUT2D eigenvalue weighted by atomic mass is 10.3. The molecule has 0 aliphatic carbocycles. The summed E-state index contributed by atoms with van der Waals surface area (Å²) >= 11 is 1.11. The molecule has 2 aromatic rings. The second-order valence-electron chi connectivity index (χ2n) is 5.82. The molecular formula is C15H20N4O4S2. The lowest BCUT2D eigenvalue weighted by Gasteiger charge is -2.16. The highest BCUT2D eigenvalue weighted by Crippen LogP contribution is 2.28. The van der Waals surface area contributed by atoms with Gasteiger partial charge in [-0.1, -0.05) is 12.1 Å². The second-order valence-corrected chi connectivity index (χ2v) is 8.65. The fourth-order valence-electron chi connectivity index (χ4n) is 2.64. The maximum Gasteiger partial charge on any atom is 0.263 e. The van der Waals surface area contributed by atoms with E-state index in [4.69, 9.17) is 4.52 Å². The molecule has 3 rings (SSSR count). The Morgan fingerprint density at radius 2 is 2.16 bits per heavy atom. The molecule has 1 saturated heterocycles. The van der Waals surface area contributed by atoms with Gasteiger partial charge >= 0.3 is 0 Å². The Hall–Kier alpha value is -1.78. The zero-order chi connectivity index (χ0) is 18.0. The molecule has 0 unspecified atom stereocenters. The first-order valence-corrected chi connectivity index (χ1v) is 10.5. The average Bonchev–Trinajstić information content (AvgIpc) is 3.35. The van der Waals surface area contributed by atoms with Crippen LogP contribution in [0.2, 0.25) is 0 Å². The van der Waals surface area contributed by atoms with Crippen LogP contribution in [0.4, 0.5) is 0 Å². The van der Waals surface area contributed by atoms with Crippen LogP contribution in [0.15, 0.2) is 20.9 Å². The summed E-state index contributed by atoms with van der Waals surface area (Å²) in [5.74, 6) is 0.395. The van der Waals surface area contributed by atoms with E-state index in [9.17, 15) is 13.2 Å². The van der Waals surface area contributed by atoms with Gasteiger partial charge < -0.3 is 9.84 Å². The molecule has 2 aromatic heterocycles. The molecule has 1 fully saturated rings. The first kappa shape index (κ1) is 18.0. The first-order chi connectivity index (χ1) is 11.9. The summed E-state index contributed by atoms with van der Waals surface area (Å²) in [4.78, 5) is 17.0. The van der Waals surface area contributed by atoms with Crippen LogP contribution < -0.4 is 5.32 Å². The van der Waals surface area contributed by atoms with E-state index in [2.05, 4.69) is 15.5 Å². The summed E-state index contributed by atoms with van der Waals surface area (Å²) in [6, 6.07) is 0.976. The molecule has 10 heteroatoms. The summed E-state index contributed by atoms with van der Waals surface area (Å²) in [6.45, 7) is 4.61. The third-order valence-electron chi connectivity index (χ3n) is 4.04. The summed E-state index contributed by atoms with van der Waals surface area (Å²) in [5, 5.41) is 8.14. The molecule has 1 aliphatic rings. The molecule has 0 saturated carbocycles. The molecule has 0 aromatic carbocycles. The molecule has 3 heterocycles. The van der Waals surface area contributed by atoms with Gasteiger partial charge in [-0.2, -0.15) is 9.29 Å². The third kappa shape index (κ3) is 3.60. The highest BCUT2D eigenvalue weighted by Gasteiger charge is 2.32. The molecule has 1 amide bonds. The van der Waals surface area contributed by atoms with Crippen molar-refractivity contribution in [2.45, 2.75) is 44.0 Å². The van der Waals surface area contributed by atoms with Gasteiger partial charge in [0.1, 0.15) is 15.8 Å². The largest absolute Gasteiger partial charge is 0.340 e. The number of thiophene rings is 1. The summed E-state index contributed by atoms with van der Waals surface area (Å²) in [5.41, 5.74) is 0. The van der Waals surface area contributed by atoms with Gasteiger partial charge in [0, 0.05) is 19.5 Å². The number of rotatable bonds is 6. The van der Waals surface area contributed by atoms with Crippen molar-refractivity contribution >= 4 is 27.3 Å². The van der Waals surface area contributed by atoms with Crippen LogP contribution in [-0.2, 0) is 16.4 Å². The van der Waals surface area contributed by atoms with Crippen LogP contribution in [0.5, 0.6) is 0 Å². The Balaban J connectivity index is 1.78. The Labute approximate surface area is 150 Å². The standard InChI is InChI=1S/C15H20N4O4S2/c1-3-12-17-15(23-18-12)10(2)16-14(20)13-11(6-9-24-13)25(21,22)19-7-4-5-8-19/h6,9-10H,3-5,7-8H2,1-2H3,(H,16,20)/t10-/m1/s1. The molecular weight excluding hydrogens is 364 g/mol. The Morgan fingerprint density at radius 1 is 1.44 bits per heavy atom. The SMILES string of the molecule is CCc1noc([C@@H](C)NC(=O)c2sccc2S(=O)(=O)N2CCCC2)n1. The van der Waals surface area contributed by atoms with Crippen molar-refractivity contribution in [1.29, 1.82) is 0 Å². The van der Waals surface area contributed by atoms with Crippen molar-refractivity contribution in [3.05, 3.63) is 28.0 Å². The number of hydrogen-bond acceptors (Lipinski definition) is 7. The molecule has 0 bridgehead atoms. The van der Waals surface area contributed by atoms with E-state index in [1.165, 1.54) is 10.4 Å². The Bertz CT molecular complexity index is 853. The van der Waals surface area contributed by atoms with Gasteiger partial charge in [0.15, 0.2) is 5.82 Å². The number of nitrogens with zero attached hydrogens (tertiary/aromatic N) is 3. The minimum absolute atomic E-state index is 0.0591. The zero-order valence-corrected chi connectivity index (χ0v) is 15.7. The number of hydrogen-bond donors (Lipinski definition) is 1. The van der Waals surface area contributed by atoms with Gasteiger partial charge in [-0.25, -0.2) is 8.42 Å². The fraction of sp³-hybridized carbons (Fsp3) is 0.533.